The van der Waals surface area contributed by atoms with E-state index in [9.17, 15) is 10.2 Å². The lowest BCUT2D eigenvalue weighted by atomic mass is 10.0. The minimum atomic E-state index is -0.606. The topological polar surface area (TPSA) is 61.7 Å². The zero-order valence-corrected chi connectivity index (χ0v) is 13.7. The molecule has 2 rings (SSSR count). The average Bonchev–Trinajstić information content (AvgIpc) is 2.58. The molecule has 0 saturated heterocycles. The molecule has 0 radical (unpaired) electrons. The lowest BCUT2D eigenvalue weighted by molar-refractivity contribution is 0.171. The van der Waals surface area contributed by atoms with Crippen molar-refractivity contribution in [2.75, 3.05) is 6.54 Å². The fourth-order valence-corrected chi connectivity index (χ4v) is 2.27. The van der Waals surface area contributed by atoms with Crippen molar-refractivity contribution in [3.8, 4) is 5.75 Å². The highest BCUT2D eigenvalue weighted by Crippen LogP contribution is 2.24. The van der Waals surface area contributed by atoms with Gasteiger partial charge < -0.3 is 20.3 Å². The highest BCUT2D eigenvalue weighted by atomic mass is 16.5. The van der Waals surface area contributed by atoms with Gasteiger partial charge in [-0.15, -0.1) is 0 Å². The molecule has 0 aromatic heterocycles. The normalized spacial score (nSPS) is 12.4. The van der Waals surface area contributed by atoms with Crippen LogP contribution in [0.5, 0.6) is 5.75 Å². The van der Waals surface area contributed by atoms with Crippen LogP contribution in [0.3, 0.4) is 0 Å². The van der Waals surface area contributed by atoms with E-state index in [0.717, 1.165) is 11.1 Å². The summed E-state index contributed by atoms with van der Waals surface area (Å²) >= 11 is 0. The van der Waals surface area contributed by atoms with Gasteiger partial charge in [-0.3, -0.25) is 0 Å². The molecule has 0 aliphatic carbocycles. The van der Waals surface area contributed by atoms with Crippen LogP contribution in [-0.4, -0.2) is 22.8 Å². The second kappa shape index (κ2) is 8.67. The SMILES string of the molecule is CC(C)NC[C@H](O)c1ccc(OCc2ccccc2)c(CO)c1. The number of aliphatic hydroxyl groups is 2. The highest BCUT2D eigenvalue weighted by molar-refractivity contribution is 5.38. The number of hydrogen-bond acceptors (Lipinski definition) is 4. The maximum Gasteiger partial charge on any atom is 0.125 e. The summed E-state index contributed by atoms with van der Waals surface area (Å²) in [6.07, 6.45) is -0.606. The summed E-state index contributed by atoms with van der Waals surface area (Å²) in [5, 5.41) is 23.0. The number of hydrogen-bond donors (Lipinski definition) is 3. The monoisotopic (exact) mass is 315 g/mol. The molecule has 124 valence electrons. The van der Waals surface area contributed by atoms with Crippen LogP contribution in [-0.2, 0) is 13.2 Å². The summed E-state index contributed by atoms with van der Waals surface area (Å²) in [7, 11) is 0. The number of aliphatic hydroxyl groups excluding tert-OH is 2. The molecule has 0 aliphatic heterocycles. The molecule has 0 aliphatic rings. The minimum Gasteiger partial charge on any atom is -0.489 e. The van der Waals surface area contributed by atoms with Gasteiger partial charge in [0, 0.05) is 18.2 Å². The smallest absolute Gasteiger partial charge is 0.125 e. The first-order valence-electron chi connectivity index (χ1n) is 7.92. The van der Waals surface area contributed by atoms with Crippen LogP contribution in [0.2, 0.25) is 0 Å². The van der Waals surface area contributed by atoms with Crippen LogP contribution < -0.4 is 10.1 Å². The van der Waals surface area contributed by atoms with E-state index in [-0.39, 0.29) is 6.61 Å². The Labute approximate surface area is 137 Å². The van der Waals surface area contributed by atoms with Crippen molar-refractivity contribution in [1.29, 1.82) is 0 Å². The Morgan fingerprint density at radius 3 is 2.48 bits per heavy atom. The van der Waals surface area contributed by atoms with Crippen LogP contribution in [0.25, 0.3) is 0 Å². The van der Waals surface area contributed by atoms with Crippen LogP contribution in [0.1, 0.15) is 36.6 Å². The summed E-state index contributed by atoms with van der Waals surface area (Å²) in [5.74, 6) is 0.643. The molecule has 0 heterocycles. The van der Waals surface area contributed by atoms with E-state index in [2.05, 4.69) is 5.32 Å². The fraction of sp³-hybridized carbons (Fsp3) is 0.368. The predicted octanol–water partition coefficient (Wildman–Crippen LogP) is 2.79. The summed E-state index contributed by atoms with van der Waals surface area (Å²) in [6, 6.07) is 15.6. The maximum atomic E-state index is 10.2. The molecule has 3 N–H and O–H groups in total. The van der Waals surface area contributed by atoms with Crippen LogP contribution in [0, 0.1) is 0 Å². The van der Waals surface area contributed by atoms with Gasteiger partial charge in [-0.2, -0.15) is 0 Å². The van der Waals surface area contributed by atoms with Crippen molar-refractivity contribution in [2.45, 2.75) is 39.2 Å². The van der Waals surface area contributed by atoms with Crippen molar-refractivity contribution in [3.05, 3.63) is 65.2 Å². The van der Waals surface area contributed by atoms with Gasteiger partial charge in [-0.05, 0) is 23.3 Å². The average molecular weight is 315 g/mol. The minimum absolute atomic E-state index is 0.123. The Bertz CT molecular complexity index is 599. The first kappa shape index (κ1) is 17.5. The molecule has 0 saturated carbocycles. The number of benzene rings is 2. The molecule has 2 aromatic rings. The van der Waals surface area contributed by atoms with Crippen molar-refractivity contribution in [1.82, 2.24) is 5.32 Å². The van der Waals surface area contributed by atoms with Crippen LogP contribution in [0.15, 0.2) is 48.5 Å². The van der Waals surface area contributed by atoms with E-state index in [1.54, 1.807) is 6.07 Å². The maximum absolute atomic E-state index is 10.2. The Morgan fingerprint density at radius 2 is 1.83 bits per heavy atom. The van der Waals surface area contributed by atoms with Gasteiger partial charge in [0.05, 0.1) is 12.7 Å². The molecule has 0 fully saturated rings. The molecule has 4 heteroatoms. The quantitative estimate of drug-likeness (QED) is 0.701. The van der Waals surface area contributed by atoms with E-state index in [4.69, 9.17) is 4.74 Å². The molecular formula is C19H25NO3. The molecule has 0 bridgehead atoms. The van der Waals surface area contributed by atoms with Crippen molar-refractivity contribution < 1.29 is 14.9 Å². The first-order valence-corrected chi connectivity index (χ1v) is 7.92. The van der Waals surface area contributed by atoms with Gasteiger partial charge >= 0.3 is 0 Å². The van der Waals surface area contributed by atoms with E-state index in [1.807, 2.05) is 56.3 Å². The van der Waals surface area contributed by atoms with Crippen molar-refractivity contribution in [3.63, 3.8) is 0 Å². The summed E-state index contributed by atoms with van der Waals surface area (Å²) in [6.45, 7) is 4.87. The largest absolute Gasteiger partial charge is 0.489 e. The van der Waals surface area contributed by atoms with Crippen LogP contribution in [0.4, 0.5) is 0 Å². The molecule has 1 atom stereocenters. The van der Waals surface area contributed by atoms with E-state index in [1.165, 1.54) is 0 Å². The Hall–Kier alpha value is -1.88. The van der Waals surface area contributed by atoms with E-state index in [0.29, 0.717) is 30.5 Å². The van der Waals surface area contributed by atoms with Gasteiger partial charge in [0.2, 0.25) is 0 Å². The third-order valence-electron chi connectivity index (χ3n) is 3.60. The Kier molecular flexibility index (Phi) is 6.59. The van der Waals surface area contributed by atoms with Gasteiger partial charge in [0.1, 0.15) is 12.4 Å². The predicted molar refractivity (Wildman–Crippen MR) is 91.2 cm³/mol. The Morgan fingerprint density at radius 1 is 1.09 bits per heavy atom. The van der Waals surface area contributed by atoms with Gasteiger partial charge in [-0.1, -0.05) is 50.2 Å². The second-order valence-electron chi connectivity index (χ2n) is 5.88. The summed E-state index contributed by atoms with van der Waals surface area (Å²) in [5.41, 5.74) is 2.53. The van der Waals surface area contributed by atoms with E-state index < -0.39 is 6.10 Å². The molecule has 0 spiro atoms. The standard InChI is InChI=1S/C19H25NO3/c1-14(2)20-11-18(22)16-8-9-19(17(10-16)12-21)23-13-15-6-4-3-5-7-15/h3-10,14,18,20-22H,11-13H2,1-2H3/t18-/m0/s1. The van der Waals surface area contributed by atoms with Gasteiger partial charge in [0.15, 0.2) is 0 Å². The van der Waals surface area contributed by atoms with Crippen LogP contribution >= 0.6 is 0 Å². The lowest BCUT2D eigenvalue weighted by Crippen LogP contribution is -2.27. The number of ether oxygens (including phenoxy) is 1. The highest BCUT2D eigenvalue weighted by Gasteiger charge is 2.12. The van der Waals surface area contributed by atoms with Crippen molar-refractivity contribution in [2.24, 2.45) is 0 Å². The molecule has 2 aromatic carbocycles. The second-order valence-corrected chi connectivity index (χ2v) is 5.88. The number of nitrogens with one attached hydrogen (secondary N) is 1. The lowest BCUT2D eigenvalue weighted by Gasteiger charge is -2.17. The molecule has 4 nitrogen and oxygen atoms in total. The van der Waals surface area contributed by atoms with Gasteiger partial charge in [0.25, 0.3) is 0 Å². The zero-order chi connectivity index (χ0) is 16.7. The van der Waals surface area contributed by atoms with Gasteiger partial charge in [-0.25, -0.2) is 0 Å². The summed E-state index contributed by atoms with van der Waals surface area (Å²) in [4.78, 5) is 0. The third-order valence-corrected chi connectivity index (χ3v) is 3.60. The molecule has 0 unspecified atom stereocenters. The number of rotatable bonds is 8. The first-order chi connectivity index (χ1) is 11.1. The molecule has 23 heavy (non-hydrogen) atoms. The van der Waals surface area contributed by atoms with E-state index >= 15 is 0 Å². The third kappa shape index (κ3) is 5.36. The molecule has 0 amide bonds. The Balaban J connectivity index is 2.04. The summed E-state index contributed by atoms with van der Waals surface area (Å²) < 4.78 is 5.79. The fourth-order valence-electron chi connectivity index (χ4n) is 2.27. The molecular weight excluding hydrogens is 290 g/mol. The zero-order valence-electron chi connectivity index (χ0n) is 13.7. The van der Waals surface area contributed by atoms with Crippen molar-refractivity contribution >= 4 is 0 Å².